The summed E-state index contributed by atoms with van der Waals surface area (Å²) >= 11 is 0. The first-order valence-corrected chi connectivity index (χ1v) is 10.7. The van der Waals surface area contributed by atoms with E-state index in [1.807, 2.05) is 0 Å². The van der Waals surface area contributed by atoms with Gasteiger partial charge >= 0.3 is 12.4 Å². The third kappa shape index (κ3) is 5.01. The molecule has 0 N–H and O–H groups in total. The molecule has 0 fully saturated rings. The van der Waals surface area contributed by atoms with Crippen LogP contribution in [0.5, 0.6) is 0 Å². The van der Waals surface area contributed by atoms with E-state index in [0.717, 1.165) is 33.9 Å². The van der Waals surface area contributed by atoms with Crippen molar-refractivity contribution < 1.29 is 26.3 Å². The summed E-state index contributed by atoms with van der Waals surface area (Å²) in [4.78, 5) is 10.6. The number of pyridine rings is 2. The van der Waals surface area contributed by atoms with Crippen LogP contribution >= 0.6 is 0 Å². The van der Waals surface area contributed by atoms with E-state index in [1.165, 1.54) is 12.1 Å². The SMILES string of the molecule is FC(F)(F)c1ccn(-c2cccc(N(c3ccccc3)c3cccc(-n4ccc(C(F)(F)F)n4)n3)n2)n1. The van der Waals surface area contributed by atoms with Gasteiger partial charge in [0.25, 0.3) is 0 Å². The number of para-hydroxylation sites is 1. The Hall–Kier alpha value is -4.68. The topological polar surface area (TPSA) is 64.7 Å². The molecule has 37 heavy (non-hydrogen) atoms. The van der Waals surface area contributed by atoms with Crippen molar-refractivity contribution in [3.63, 3.8) is 0 Å². The van der Waals surface area contributed by atoms with Crippen LogP contribution in [0.25, 0.3) is 11.6 Å². The number of hydrogen-bond acceptors (Lipinski definition) is 5. The summed E-state index contributed by atoms with van der Waals surface area (Å²) in [6, 6.07) is 19.9. The van der Waals surface area contributed by atoms with E-state index in [1.54, 1.807) is 59.5 Å². The Morgan fingerprint density at radius 2 is 1.00 bits per heavy atom. The van der Waals surface area contributed by atoms with Crippen LogP contribution in [0.2, 0.25) is 0 Å². The summed E-state index contributed by atoms with van der Waals surface area (Å²) in [5.74, 6) is 0.807. The molecule has 0 aliphatic heterocycles. The quantitative estimate of drug-likeness (QED) is 0.255. The minimum atomic E-state index is -4.61. The third-order valence-corrected chi connectivity index (χ3v) is 5.14. The number of benzene rings is 1. The molecular formula is C24H15F6N7. The van der Waals surface area contributed by atoms with Gasteiger partial charge in [-0.25, -0.2) is 19.3 Å². The minimum Gasteiger partial charge on any atom is -0.279 e. The second-order valence-corrected chi connectivity index (χ2v) is 7.67. The summed E-state index contributed by atoms with van der Waals surface area (Å²) < 4.78 is 80.2. The Balaban J connectivity index is 1.58. The number of halogens is 6. The average molecular weight is 515 g/mol. The molecule has 4 heterocycles. The van der Waals surface area contributed by atoms with Crippen molar-refractivity contribution in [2.75, 3.05) is 4.90 Å². The molecule has 0 spiro atoms. The highest BCUT2D eigenvalue weighted by Crippen LogP contribution is 2.33. The summed E-state index contributed by atoms with van der Waals surface area (Å²) in [6.45, 7) is 0. The zero-order valence-electron chi connectivity index (χ0n) is 18.6. The molecule has 0 saturated carbocycles. The first kappa shape index (κ1) is 24.0. The largest absolute Gasteiger partial charge is 0.435 e. The van der Waals surface area contributed by atoms with Crippen molar-refractivity contribution in [3.05, 3.63) is 103 Å². The first-order chi connectivity index (χ1) is 17.6. The lowest BCUT2D eigenvalue weighted by atomic mass is 10.2. The van der Waals surface area contributed by atoms with Gasteiger partial charge in [0.1, 0.15) is 11.6 Å². The summed E-state index contributed by atoms with van der Waals surface area (Å²) in [5, 5.41) is 7.13. The Bertz CT molecular complexity index is 1430. The van der Waals surface area contributed by atoms with Crippen molar-refractivity contribution in [2.45, 2.75) is 12.4 Å². The molecule has 188 valence electrons. The predicted octanol–water partition coefficient (Wildman–Crippen LogP) is 6.36. The second kappa shape index (κ2) is 9.08. The maximum atomic E-state index is 13.0. The molecule has 7 nitrogen and oxygen atoms in total. The monoisotopic (exact) mass is 515 g/mol. The van der Waals surface area contributed by atoms with Crippen molar-refractivity contribution in [1.29, 1.82) is 0 Å². The van der Waals surface area contributed by atoms with Crippen molar-refractivity contribution in [2.24, 2.45) is 0 Å². The highest BCUT2D eigenvalue weighted by Gasteiger charge is 2.34. The number of anilines is 3. The van der Waals surface area contributed by atoms with Crippen LogP contribution in [-0.4, -0.2) is 29.5 Å². The van der Waals surface area contributed by atoms with Gasteiger partial charge in [0.15, 0.2) is 23.0 Å². The van der Waals surface area contributed by atoms with E-state index >= 15 is 0 Å². The van der Waals surface area contributed by atoms with Crippen LogP contribution in [-0.2, 0) is 12.4 Å². The van der Waals surface area contributed by atoms with Crippen LogP contribution in [0, 0.1) is 0 Å². The normalized spacial score (nSPS) is 12.1. The van der Waals surface area contributed by atoms with Crippen LogP contribution in [0.1, 0.15) is 11.4 Å². The molecule has 1 aromatic carbocycles. The lowest BCUT2D eigenvalue weighted by Gasteiger charge is -2.24. The van der Waals surface area contributed by atoms with E-state index < -0.39 is 23.7 Å². The van der Waals surface area contributed by atoms with Gasteiger partial charge in [-0.05, 0) is 48.5 Å². The molecule has 0 atom stereocenters. The number of alkyl halides is 6. The average Bonchev–Trinajstić information content (AvgIpc) is 3.56. The van der Waals surface area contributed by atoms with Gasteiger partial charge in [-0.2, -0.15) is 36.5 Å². The lowest BCUT2D eigenvalue weighted by molar-refractivity contribution is -0.142. The molecule has 13 heteroatoms. The Morgan fingerprint density at radius 3 is 1.41 bits per heavy atom. The summed E-state index contributed by atoms with van der Waals surface area (Å²) in [5.41, 5.74) is -1.53. The van der Waals surface area contributed by atoms with Crippen molar-refractivity contribution in [3.8, 4) is 11.6 Å². The van der Waals surface area contributed by atoms with Gasteiger partial charge < -0.3 is 0 Å². The van der Waals surface area contributed by atoms with Crippen LogP contribution in [0.4, 0.5) is 43.7 Å². The molecule has 5 rings (SSSR count). The fourth-order valence-corrected chi connectivity index (χ4v) is 3.49. The number of nitrogens with zero attached hydrogens (tertiary/aromatic N) is 7. The van der Waals surface area contributed by atoms with E-state index in [9.17, 15) is 26.3 Å². The highest BCUT2D eigenvalue weighted by molar-refractivity contribution is 5.72. The fraction of sp³-hybridized carbons (Fsp3) is 0.0833. The van der Waals surface area contributed by atoms with Crippen molar-refractivity contribution >= 4 is 17.3 Å². The number of aromatic nitrogens is 6. The standard InChI is InChI=1S/C24H15F6N7/c25-23(26,27)17-12-14-35(33-17)19-8-4-10-21(31-19)37(16-6-2-1-3-7-16)22-11-5-9-20(32-22)36-15-13-18(34-36)24(28,29)30/h1-15H. The molecule has 0 amide bonds. The first-order valence-electron chi connectivity index (χ1n) is 10.7. The van der Waals surface area contributed by atoms with Crippen LogP contribution in [0.15, 0.2) is 91.3 Å². The van der Waals surface area contributed by atoms with E-state index in [0.29, 0.717) is 5.69 Å². The van der Waals surface area contributed by atoms with Crippen LogP contribution in [0.3, 0.4) is 0 Å². The Kier molecular flexibility index (Phi) is 5.90. The molecule has 0 unspecified atom stereocenters. The minimum absolute atomic E-state index is 0.118. The zero-order chi connectivity index (χ0) is 26.2. The lowest BCUT2D eigenvalue weighted by Crippen LogP contribution is -2.15. The van der Waals surface area contributed by atoms with Gasteiger partial charge in [-0.15, -0.1) is 0 Å². The molecular weight excluding hydrogens is 500 g/mol. The van der Waals surface area contributed by atoms with Gasteiger partial charge in [0.05, 0.1) is 0 Å². The van der Waals surface area contributed by atoms with Gasteiger partial charge in [-0.1, -0.05) is 30.3 Å². The number of hydrogen-bond donors (Lipinski definition) is 0. The molecule has 0 aliphatic rings. The second-order valence-electron chi connectivity index (χ2n) is 7.67. The van der Waals surface area contributed by atoms with Gasteiger partial charge in [0.2, 0.25) is 0 Å². The number of rotatable bonds is 5. The van der Waals surface area contributed by atoms with Gasteiger partial charge in [0, 0.05) is 18.1 Å². The molecule has 0 saturated heterocycles. The van der Waals surface area contributed by atoms with Crippen molar-refractivity contribution in [1.82, 2.24) is 29.5 Å². The highest BCUT2D eigenvalue weighted by atomic mass is 19.4. The van der Waals surface area contributed by atoms with Crippen LogP contribution < -0.4 is 4.90 Å². The van der Waals surface area contributed by atoms with E-state index in [4.69, 9.17) is 0 Å². The Labute approximate surface area is 205 Å². The zero-order valence-corrected chi connectivity index (χ0v) is 18.6. The molecule has 4 aromatic heterocycles. The Morgan fingerprint density at radius 1 is 0.541 bits per heavy atom. The summed E-state index contributed by atoms with van der Waals surface area (Å²) in [7, 11) is 0. The van der Waals surface area contributed by atoms with E-state index in [2.05, 4.69) is 20.2 Å². The summed E-state index contributed by atoms with van der Waals surface area (Å²) in [6.07, 6.45) is -6.92. The molecule has 0 aliphatic carbocycles. The molecule has 0 bridgehead atoms. The molecule has 0 radical (unpaired) electrons. The third-order valence-electron chi connectivity index (χ3n) is 5.14. The smallest absolute Gasteiger partial charge is 0.279 e. The molecule has 5 aromatic rings. The maximum Gasteiger partial charge on any atom is 0.435 e. The predicted molar refractivity (Wildman–Crippen MR) is 121 cm³/mol. The van der Waals surface area contributed by atoms with Gasteiger partial charge in [-0.3, -0.25) is 4.90 Å². The fourth-order valence-electron chi connectivity index (χ4n) is 3.49. The maximum absolute atomic E-state index is 13.0. The van der Waals surface area contributed by atoms with E-state index in [-0.39, 0.29) is 23.3 Å².